The summed E-state index contributed by atoms with van der Waals surface area (Å²) in [5.41, 5.74) is 0.960. The van der Waals surface area contributed by atoms with Crippen molar-refractivity contribution in [2.24, 2.45) is 46.8 Å². The molecular formula is C35H42N4O5S. The van der Waals surface area contributed by atoms with Crippen LogP contribution in [0.2, 0.25) is 0 Å². The first-order valence-electron chi connectivity index (χ1n) is 17.0. The van der Waals surface area contributed by atoms with Crippen LogP contribution in [0.4, 0.5) is 0 Å². The highest BCUT2D eigenvalue weighted by Crippen LogP contribution is 2.67. The van der Waals surface area contributed by atoms with Crippen LogP contribution in [0, 0.1) is 46.8 Å². The summed E-state index contributed by atoms with van der Waals surface area (Å²) in [6, 6.07) is 5.48. The first-order valence-corrected chi connectivity index (χ1v) is 17.4. The Kier molecular flexibility index (Phi) is 7.15. The van der Waals surface area contributed by atoms with Crippen LogP contribution in [0.25, 0.3) is 11.1 Å². The lowest BCUT2D eigenvalue weighted by atomic mass is 9.61. The average molecular weight is 631 g/mol. The van der Waals surface area contributed by atoms with Crippen molar-refractivity contribution in [1.29, 1.82) is 0 Å². The number of likely N-dealkylation sites (tertiary alicyclic amines) is 1. The molecule has 5 saturated carbocycles. The van der Waals surface area contributed by atoms with E-state index >= 15 is 0 Å². The zero-order chi connectivity index (χ0) is 31.0. The molecule has 45 heavy (non-hydrogen) atoms. The van der Waals surface area contributed by atoms with E-state index in [1.165, 1.54) is 12.8 Å². The van der Waals surface area contributed by atoms with E-state index in [-0.39, 0.29) is 53.2 Å². The summed E-state index contributed by atoms with van der Waals surface area (Å²) in [5, 5.41) is 5.89. The Morgan fingerprint density at radius 1 is 1.11 bits per heavy atom. The van der Waals surface area contributed by atoms with Gasteiger partial charge in [0, 0.05) is 23.9 Å². The molecule has 7 fully saturated rings. The zero-order valence-corrected chi connectivity index (χ0v) is 26.7. The van der Waals surface area contributed by atoms with Gasteiger partial charge in [0.25, 0.3) is 5.89 Å². The largest absolute Gasteiger partial charge is 0.434 e. The quantitative estimate of drug-likeness (QED) is 0.310. The van der Waals surface area contributed by atoms with Gasteiger partial charge in [-0.05, 0) is 112 Å². The van der Waals surface area contributed by atoms with Crippen LogP contribution < -0.4 is 10.6 Å². The molecule has 2 aliphatic heterocycles. The number of benzene rings is 1. The second kappa shape index (κ2) is 11.0. The number of thiocarbonyl (C=S) groups is 1. The summed E-state index contributed by atoms with van der Waals surface area (Å²) in [6.07, 6.45) is 9.41. The number of nitrogens with one attached hydrogen (secondary N) is 2. The van der Waals surface area contributed by atoms with Gasteiger partial charge in [0.05, 0.1) is 12.0 Å². The van der Waals surface area contributed by atoms with Gasteiger partial charge < -0.3 is 20.0 Å². The number of fused-ring (bicyclic) bond motifs is 2. The number of amides is 3. The molecule has 238 valence electrons. The van der Waals surface area contributed by atoms with Gasteiger partial charge in [0.2, 0.25) is 23.5 Å². The number of oxazole rings is 1. The molecule has 9 rings (SSSR count). The highest BCUT2D eigenvalue weighted by molar-refractivity contribution is 7.80. The number of carbonyl (C=O) groups excluding carboxylic acids is 4. The first kappa shape index (κ1) is 29.3. The smallest absolute Gasteiger partial charge is 0.266 e. The number of carbonyl (C=O) groups is 4. The van der Waals surface area contributed by atoms with E-state index in [2.05, 4.69) is 15.6 Å². The SMILES string of the molecule is CC(=S)C(C(=O)N1C[C@@H]2CCC[C@@H]2[C@H]1C(=O)N[C@@H](C[C@@H]1CCNC1=O)C(=O)c1nc2ccccc2o1)C12CC3CC(C1)C(C3)C2. The topological polar surface area (TPSA) is 122 Å². The standard InChI is InChI=1S/C35H42N4O5S/c1-18(45)28(35-14-19-11-22(15-35)23(12-19)16-35)34(43)39-17-21-5-4-6-24(21)29(39)32(42)37-26(13-20-9-10-36-31(20)41)30(40)33-38-25-7-2-3-8-27(25)44-33/h2-3,7-8,19-24,26,28-29H,4-6,9-17H2,1H3,(H,36,41)(H,37,42)/t19?,20-,21-,22?,23?,24-,26-,28?,29-,35?/m0/s1. The van der Waals surface area contributed by atoms with Crippen molar-refractivity contribution in [2.45, 2.75) is 83.2 Å². The molecule has 9 nitrogen and oxygen atoms in total. The fraction of sp³-hybridized carbons (Fsp3) is 0.657. The van der Waals surface area contributed by atoms with Crippen molar-refractivity contribution in [3.8, 4) is 0 Å². The van der Waals surface area contributed by atoms with Gasteiger partial charge in [-0.25, -0.2) is 4.98 Å². The summed E-state index contributed by atoms with van der Waals surface area (Å²) >= 11 is 5.85. The van der Waals surface area contributed by atoms with Crippen molar-refractivity contribution in [3.63, 3.8) is 0 Å². The number of rotatable bonds is 9. The summed E-state index contributed by atoms with van der Waals surface area (Å²) in [7, 11) is 0. The molecule has 5 aliphatic carbocycles. The van der Waals surface area contributed by atoms with Gasteiger partial charge >= 0.3 is 0 Å². The molecule has 7 aliphatic rings. The Hall–Kier alpha value is -3.14. The third-order valence-electron chi connectivity index (χ3n) is 12.5. The summed E-state index contributed by atoms with van der Waals surface area (Å²) in [6.45, 7) is 3.02. The van der Waals surface area contributed by atoms with Gasteiger partial charge in [-0.15, -0.1) is 0 Å². The highest BCUT2D eigenvalue weighted by Gasteiger charge is 2.62. The molecule has 1 aromatic carbocycles. The van der Waals surface area contributed by atoms with Crippen LogP contribution in [0.3, 0.4) is 0 Å². The van der Waals surface area contributed by atoms with Crippen molar-refractivity contribution >= 4 is 51.7 Å². The third kappa shape index (κ3) is 4.84. The van der Waals surface area contributed by atoms with Gasteiger partial charge in [0.1, 0.15) is 11.6 Å². The molecule has 2 saturated heterocycles. The van der Waals surface area contributed by atoms with Crippen LogP contribution >= 0.6 is 12.2 Å². The Balaban J connectivity index is 1.08. The number of hydrogen-bond donors (Lipinski definition) is 2. The number of para-hydroxylation sites is 2. The minimum Gasteiger partial charge on any atom is -0.434 e. The molecule has 0 radical (unpaired) electrons. The third-order valence-corrected chi connectivity index (χ3v) is 12.7. The van der Waals surface area contributed by atoms with E-state index in [1.807, 2.05) is 24.0 Å². The van der Waals surface area contributed by atoms with E-state index in [4.69, 9.17) is 16.6 Å². The minimum atomic E-state index is -1.00. The molecule has 10 heteroatoms. The Bertz CT molecular complexity index is 1530. The average Bonchev–Trinajstić information content (AvgIpc) is 3.83. The van der Waals surface area contributed by atoms with Crippen LogP contribution in [0.5, 0.6) is 0 Å². The van der Waals surface area contributed by atoms with E-state index in [0.29, 0.717) is 48.4 Å². The molecule has 3 heterocycles. The molecule has 3 amide bonds. The van der Waals surface area contributed by atoms with E-state index in [1.54, 1.807) is 12.1 Å². The number of Topliss-reactive ketones (excluding diaryl/α,β-unsaturated/α-hetero) is 1. The minimum absolute atomic E-state index is 0.0102. The monoisotopic (exact) mass is 630 g/mol. The maximum absolute atomic E-state index is 14.7. The van der Waals surface area contributed by atoms with E-state index < -0.39 is 23.8 Å². The van der Waals surface area contributed by atoms with Crippen LogP contribution in [0.1, 0.15) is 81.8 Å². The lowest BCUT2D eigenvalue weighted by Gasteiger charge is -2.45. The lowest BCUT2D eigenvalue weighted by molar-refractivity contribution is -0.144. The van der Waals surface area contributed by atoms with Gasteiger partial charge in [-0.1, -0.05) is 30.8 Å². The fourth-order valence-corrected chi connectivity index (χ4v) is 11.2. The molecular weight excluding hydrogens is 588 g/mol. The van der Waals surface area contributed by atoms with Gasteiger partial charge in [-0.3, -0.25) is 19.2 Å². The number of aromatic nitrogens is 1. The van der Waals surface area contributed by atoms with Crippen molar-refractivity contribution in [1.82, 2.24) is 20.5 Å². The summed E-state index contributed by atoms with van der Waals surface area (Å²) in [5.74, 6) is 0.685. The predicted octanol–water partition coefficient (Wildman–Crippen LogP) is 4.48. The maximum Gasteiger partial charge on any atom is 0.266 e. The van der Waals surface area contributed by atoms with E-state index in [0.717, 1.165) is 43.4 Å². The Labute approximate surface area is 268 Å². The highest BCUT2D eigenvalue weighted by atomic mass is 32.1. The maximum atomic E-state index is 14.7. The Morgan fingerprint density at radius 2 is 1.89 bits per heavy atom. The molecule has 2 aromatic rings. The Morgan fingerprint density at radius 3 is 2.58 bits per heavy atom. The van der Waals surface area contributed by atoms with Crippen LogP contribution in [0.15, 0.2) is 28.7 Å². The molecule has 8 atom stereocenters. The fourth-order valence-electron chi connectivity index (χ4n) is 10.9. The zero-order valence-electron chi connectivity index (χ0n) is 25.8. The predicted molar refractivity (Wildman–Crippen MR) is 170 cm³/mol. The number of nitrogens with zero attached hydrogens (tertiary/aromatic N) is 2. The van der Waals surface area contributed by atoms with Gasteiger partial charge in [-0.2, -0.15) is 0 Å². The van der Waals surface area contributed by atoms with Crippen LogP contribution in [-0.4, -0.2) is 63.4 Å². The normalized spacial score (nSPS) is 35.9. The molecule has 4 bridgehead atoms. The molecule has 3 unspecified atom stereocenters. The summed E-state index contributed by atoms with van der Waals surface area (Å²) in [4.78, 5) is 62.6. The summed E-state index contributed by atoms with van der Waals surface area (Å²) < 4.78 is 5.81. The van der Waals surface area contributed by atoms with Crippen molar-refractivity contribution < 1.29 is 23.6 Å². The van der Waals surface area contributed by atoms with Crippen LogP contribution in [-0.2, 0) is 14.4 Å². The molecule has 2 N–H and O–H groups in total. The lowest BCUT2D eigenvalue weighted by Crippen LogP contribution is -2.56. The number of ketones is 1. The van der Waals surface area contributed by atoms with Crippen molar-refractivity contribution in [3.05, 3.63) is 30.2 Å². The van der Waals surface area contributed by atoms with Crippen molar-refractivity contribution in [2.75, 3.05) is 13.1 Å². The second-order valence-electron chi connectivity index (χ2n) is 15.1. The molecule has 0 spiro atoms. The van der Waals surface area contributed by atoms with E-state index in [9.17, 15) is 19.2 Å². The molecule has 1 aromatic heterocycles. The number of hydrogen-bond acceptors (Lipinski definition) is 7. The first-order chi connectivity index (χ1) is 21.7. The van der Waals surface area contributed by atoms with Gasteiger partial charge in [0.15, 0.2) is 5.58 Å². The second-order valence-corrected chi connectivity index (χ2v) is 15.7.